The van der Waals surface area contributed by atoms with Crippen LogP contribution in [0.15, 0.2) is 24.8 Å². The van der Waals surface area contributed by atoms with Crippen molar-refractivity contribution >= 4 is 22.7 Å². The molecule has 0 radical (unpaired) electrons. The highest BCUT2D eigenvalue weighted by Crippen LogP contribution is 2.23. The van der Waals surface area contributed by atoms with Crippen LogP contribution in [0.2, 0.25) is 0 Å². The Morgan fingerprint density at radius 3 is 2.82 bits per heavy atom. The number of hydrogen-bond acceptors (Lipinski definition) is 6. The molecule has 0 unspecified atom stereocenters. The van der Waals surface area contributed by atoms with Gasteiger partial charge in [0.25, 0.3) is 0 Å². The first-order valence-electron chi connectivity index (χ1n) is 7.46. The summed E-state index contributed by atoms with van der Waals surface area (Å²) < 4.78 is 3.77. The molecule has 0 saturated carbocycles. The Morgan fingerprint density at radius 2 is 2.05 bits per heavy atom. The maximum atomic E-state index is 4.64. The van der Waals surface area contributed by atoms with Gasteiger partial charge in [0.05, 0.1) is 29.5 Å². The van der Waals surface area contributed by atoms with E-state index in [0.717, 1.165) is 42.7 Å². The van der Waals surface area contributed by atoms with Crippen LogP contribution < -0.4 is 10.6 Å². The molecular formula is C14H18N8. The summed E-state index contributed by atoms with van der Waals surface area (Å²) in [7, 11) is 1.88. The number of fused-ring (bicyclic) bond motifs is 1. The third-order valence-corrected chi connectivity index (χ3v) is 3.95. The van der Waals surface area contributed by atoms with Gasteiger partial charge in [0, 0.05) is 19.4 Å². The normalized spacial score (nSPS) is 16.2. The molecule has 0 atom stereocenters. The minimum absolute atomic E-state index is 0.403. The van der Waals surface area contributed by atoms with E-state index in [1.807, 2.05) is 30.3 Å². The van der Waals surface area contributed by atoms with Gasteiger partial charge < -0.3 is 10.6 Å². The average Bonchev–Trinajstić information content (AvgIpc) is 3.14. The van der Waals surface area contributed by atoms with E-state index in [9.17, 15) is 0 Å². The van der Waals surface area contributed by atoms with Gasteiger partial charge in [-0.1, -0.05) is 0 Å². The molecule has 1 saturated heterocycles. The van der Waals surface area contributed by atoms with Crippen LogP contribution in [-0.4, -0.2) is 42.6 Å². The van der Waals surface area contributed by atoms with Gasteiger partial charge in [-0.25, -0.2) is 9.67 Å². The third kappa shape index (κ3) is 2.41. The summed E-state index contributed by atoms with van der Waals surface area (Å²) in [6.07, 6.45) is 9.43. The van der Waals surface area contributed by atoms with E-state index < -0.39 is 0 Å². The molecule has 114 valence electrons. The second-order valence-corrected chi connectivity index (χ2v) is 5.57. The topological polar surface area (TPSA) is 85.5 Å². The van der Waals surface area contributed by atoms with Crippen LogP contribution in [0.1, 0.15) is 18.9 Å². The minimum Gasteiger partial charge on any atom is -0.321 e. The largest absolute Gasteiger partial charge is 0.321 e. The lowest BCUT2D eigenvalue weighted by molar-refractivity contribution is 0.350. The number of piperidine rings is 1. The minimum atomic E-state index is 0.403. The van der Waals surface area contributed by atoms with E-state index in [1.165, 1.54) is 0 Å². The molecule has 0 aliphatic carbocycles. The van der Waals surface area contributed by atoms with Gasteiger partial charge in [-0.2, -0.15) is 15.2 Å². The van der Waals surface area contributed by atoms with Crippen molar-refractivity contribution in [3.63, 3.8) is 0 Å². The first kappa shape index (κ1) is 13.2. The molecule has 4 heterocycles. The molecule has 22 heavy (non-hydrogen) atoms. The first-order chi connectivity index (χ1) is 10.8. The lowest BCUT2D eigenvalue weighted by Gasteiger charge is -2.23. The van der Waals surface area contributed by atoms with E-state index in [1.54, 1.807) is 10.9 Å². The number of hydrogen-bond donors (Lipinski definition) is 2. The standard InChI is InChI=1S/C14H18N8/c1-21-9-11(8-17-21)19-14-16-6-10-7-18-22(13(10)20-14)12-2-4-15-5-3-12/h6-9,12,15H,2-5H2,1H3,(H,16,19,20). The molecule has 8 heteroatoms. The SMILES string of the molecule is Cn1cc(Nc2ncc3cnn(C4CCNCC4)c3n2)cn1. The number of rotatable bonds is 3. The monoisotopic (exact) mass is 298 g/mol. The molecule has 0 amide bonds. The van der Waals surface area contributed by atoms with Crippen LogP contribution in [0.25, 0.3) is 11.0 Å². The Hall–Kier alpha value is -2.48. The second-order valence-electron chi connectivity index (χ2n) is 5.57. The zero-order chi connectivity index (χ0) is 14.9. The van der Waals surface area contributed by atoms with Gasteiger partial charge in [0.2, 0.25) is 5.95 Å². The predicted molar refractivity (Wildman–Crippen MR) is 83.0 cm³/mol. The molecule has 8 nitrogen and oxygen atoms in total. The quantitative estimate of drug-likeness (QED) is 0.756. The van der Waals surface area contributed by atoms with E-state index >= 15 is 0 Å². The molecule has 0 bridgehead atoms. The highest BCUT2D eigenvalue weighted by molar-refractivity contribution is 5.75. The van der Waals surface area contributed by atoms with Gasteiger partial charge >= 0.3 is 0 Å². The molecule has 0 aromatic carbocycles. The fraction of sp³-hybridized carbons (Fsp3) is 0.429. The Kier molecular flexibility index (Phi) is 3.23. The predicted octanol–water partition coefficient (Wildman–Crippen LogP) is 1.23. The molecule has 1 aliphatic heterocycles. The number of aromatic nitrogens is 6. The van der Waals surface area contributed by atoms with Crippen molar-refractivity contribution < 1.29 is 0 Å². The van der Waals surface area contributed by atoms with Crippen molar-refractivity contribution in [2.24, 2.45) is 7.05 Å². The molecule has 1 aliphatic rings. The molecular weight excluding hydrogens is 280 g/mol. The first-order valence-corrected chi connectivity index (χ1v) is 7.46. The fourth-order valence-corrected chi connectivity index (χ4v) is 2.83. The highest BCUT2D eigenvalue weighted by atomic mass is 15.3. The number of nitrogens with one attached hydrogen (secondary N) is 2. The molecule has 4 rings (SSSR count). The molecule has 1 fully saturated rings. The Balaban J connectivity index is 1.66. The number of anilines is 2. The third-order valence-electron chi connectivity index (χ3n) is 3.95. The van der Waals surface area contributed by atoms with E-state index in [2.05, 4.69) is 30.8 Å². The summed E-state index contributed by atoms with van der Waals surface area (Å²) in [4.78, 5) is 8.98. The summed E-state index contributed by atoms with van der Waals surface area (Å²) in [5.41, 5.74) is 1.75. The van der Waals surface area contributed by atoms with E-state index in [0.29, 0.717) is 12.0 Å². The van der Waals surface area contributed by atoms with Crippen LogP contribution in [0, 0.1) is 0 Å². The van der Waals surface area contributed by atoms with Crippen LogP contribution in [0.3, 0.4) is 0 Å². The number of aryl methyl sites for hydroxylation is 1. The summed E-state index contributed by atoms with van der Waals surface area (Å²) in [5.74, 6) is 0.566. The summed E-state index contributed by atoms with van der Waals surface area (Å²) >= 11 is 0. The van der Waals surface area contributed by atoms with E-state index in [4.69, 9.17) is 0 Å². The van der Waals surface area contributed by atoms with E-state index in [-0.39, 0.29) is 0 Å². The van der Waals surface area contributed by atoms with Gasteiger partial charge in [-0.05, 0) is 25.9 Å². The van der Waals surface area contributed by atoms with Crippen LogP contribution in [0.5, 0.6) is 0 Å². The van der Waals surface area contributed by atoms with Crippen molar-refractivity contribution in [3.05, 3.63) is 24.8 Å². The zero-order valence-corrected chi connectivity index (χ0v) is 12.4. The summed E-state index contributed by atoms with van der Waals surface area (Å²) in [6, 6.07) is 0.403. The lowest BCUT2D eigenvalue weighted by Crippen LogP contribution is -2.29. The van der Waals surface area contributed by atoms with Crippen LogP contribution >= 0.6 is 0 Å². The van der Waals surface area contributed by atoms with Gasteiger partial charge in [-0.3, -0.25) is 4.68 Å². The molecule has 0 spiro atoms. The van der Waals surface area contributed by atoms with Crippen LogP contribution in [0.4, 0.5) is 11.6 Å². The molecule has 3 aromatic heterocycles. The fourth-order valence-electron chi connectivity index (χ4n) is 2.83. The maximum Gasteiger partial charge on any atom is 0.229 e. The maximum absolute atomic E-state index is 4.64. The molecule has 3 aromatic rings. The van der Waals surface area contributed by atoms with Crippen molar-refractivity contribution in [2.75, 3.05) is 18.4 Å². The Bertz CT molecular complexity index is 783. The van der Waals surface area contributed by atoms with Crippen molar-refractivity contribution in [3.8, 4) is 0 Å². The van der Waals surface area contributed by atoms with Crippen molar-refractivity contribution in [1.29, 1.82) is 0 Å². The van der Waals surface area contributed by atoms with Crippen molar-refractivity contribution in [2.45, 2.75) is 18.9 Å². The van der Waals surface area contributed by atoms with Crippen molar-refractivity contribution in [1.82, 2.24) is 34.8 Å². The second kappa shape index (κ2) is 5.38. The summed E-state index contributed by atoms with van der Waals surface area (Å²) in [6.45, 7) is 2.05. The Labute approximate surface area is 127 Å². The number of nitrogens with zero attached hydrogens (tertiary/aromatic N) is 6. The zero-order valence-electron chi connectivity index (χ0n) is 12.4. The average molecular weight is 298 g/mol. The van der Waals surface area contributed by atoms with Gasteiger partial charge in [0.15, 0.2) is 5.65 Å². The summed E-state index contributed by atoms with van der Waals surface area (Å²) in [5, 5.41) is 16.2. The molecule has 2 N–H and O–H groups in total. The Morgan fingerprint density at radius 1 is 1.18 bits per heavy atom. The van der Waals surface area contributed by atoms with Gasteiger partial charge in [0.1, 0.15) is 0 Å². The smallest absolute Gasteiger partial charge is 0.229 e. The lowest BCUT2D eigenvalue weighted by atomic mass is 10.1. The highest BCUT2D eigenvalue weighted by Gasteiger charge is 2.18. The van der Waals surface area contributed by atoms with Crippen LogP contribution in [-0.2, 0) is 7.05 Å². The van der Waals surface area contributed by atoms with Gasteiger partial charge in [-0.15, -0.1) is 0 Å².